The molecule has 3 rings (SSSR count). The molecule has 0 amide bonds. The minimum Gasteiger partial charge on any atom is -0.479 e. The summed E-state index contributed by atoms with van der Waals surface area (Å²) in [7, 11) is 0. The van der Waals surface area contributed by atoms with Gasteiger partial charge in [0.15, 0.2) is 11.6 Å². The van der Waals surface area contributed by atoms with Crippen LogP contribution >= 0.6 is 0 Å². The molecule has 0 fully saturated rings. The van der Waals surface area contributed by atoms with Crippen LogP contribution in [0.1, 0.15) is 40.2 Å². The van der Waals surface area contributed by atoms with Crippen LogP contribution in [0.2, 0.25) is 0 Å². The molecule has 154 valence electrons. The molecule has 0 saturated heterocycles. The number of fused-ring (bicyclic) bond motifs is 1. The van der Waals surface area contributed by atoms with Gasteiger partial charge in [-0.2, -0.15) is 0 Å². The van der Waals surface area contributed by atoms with E-state index in [2.05, 4.69) is 30.9 Å². The van der Waals surface area contributed by atoms with E-state index in [1.807, 2.05) is 65.8 Å². The highest BCUT2D eigenvalue weighted by Crippen LogP contribution is 2.41. The predicted octanol–water partition coefficient (Wildman–Crippen LogP) is 4.00. The number of carboxylic acid groups (broad SMARTS) is 1. The minimum atomic E-state index is -1.31. The second kappa shape index (κ2) is 7.31. The van der Waals surface area contributed by atoms with Crippen LogP contribution in [0.3, 0.4) is 0 Å². The van der Waals surface area contributed by atoms with Gasteiger partial charge in [-0.3, -0.25) is 0 Å². The number of benzene rings is 1. The third kappa shape index (κ3) is 3.72. The van der Waals surface area contributed by atoms with Crippen molar-refractivity contribution in [3.05, 3.63) is 29.8 Å². The first kappa shape index (κ1) is 20.5. The van der Waals surface area contributed by atoms with E-state index in [1.165, 1.54) is 0 Å². The highest BCUT2D eigenvalue weighted by atomic mass is 16.6. The van der Waals surface area contributed by atoms with Crippen LogP contribution in [0, 0.1) is 18.3 Å². The van der Waals surface area contributed by atoms with Crippen LogP contribution in [0.4, 0.5) is 17.3 Å². The Hall–Kier alpha value is -3.23. The summed E-state index contributed by atoms with van der Waals surface area (Å²) in [5.41, 5.74) is 0.382. The molecule has 1 aromatic carbocycles. The average molecular weight is 398 g/mol. The Morgan fingerprint density at radius 3 is 2.07 bits per heavy atom. The van der Waals surface area contributed by atoms with Crippen molar-refractivity contribution in [1.82, 2.24) is 20.3 Å². The molecule has 3 N–H and O–H groups in total. The van der Waals surface area contributed by atoms with Gasteiger partial charge in [-0.05, 0) is 40.7 Å². The van der Waals surface area contributed by atoms with E-state index in [0.717, 1.165) is 11.3 Å². The number of hydrogen-bond donors (Lipinski definition) is 3. The van der Waals surface area contributed by atoms with Gasteiger partial charge >= 0.3 is 5.97 Å². The van der Waals surface area contributed by atoms with E-state index in [0.29, 0.717) is 5.82 Å². The molecule has 0 aliphatic carbocycles. The van der Waals surface area contributed by atoms with E-state index in [4.69, 9.17) is 4.63 Å². The Bertz CT molecular complexity index is 1020. The first-order valence-corrected chi connectivity index (χ1v) is 9.40. The zero-order valence-corrected chi connectivity index (χ0v) is 17.4. The lowest BCUT2D eigenvalue weighted by atomic mass is 9.67. The topological polar surface area (TPSA) is 126 Å². The Labute approximate surface area is 168 Å². The number of rotatable bonds is 6. The van der Waals surface area contributed by atoms with Crippen molar-refractivity contribution in [2.45, 2.75) is 47.1 Å². The van der Waals surface area contributed by atoms with E-state index in [1.54, 1.807) is 0 Å². The standard InChI is InChI=1S/C20H26N6O3/c1-11(2)20(18(27)28,19(4,5)6)24-15-14(21-13-9-7-12(3)8-10-13)22-16-17(23-15)26-29-25-16/h7-11H,1-6H3,(H,27,28)(H,21,22,25)(H,23,24,26)/t20-/m1/s1. The molecule has 0 spiro atoms. The number of nitrogens with one attached hydrogen (secondary N) is 2. The monoisotopic (exact) mass is 398 g/mol. The van der Waals surface area contributed by atoms with Crippen LogP contribution in [-0.4, -0.2) is 36.9 Å². The normalized spacial score (nSPS) is 14.0. The molecular weight excluding hydrogens is 372 g/mol. The van der Waals surface area contributed by atoms with Crippen molar-refractivity contribution < 1.29 is 14.5 Å². The molecule has 9 heteroatoms. The zero-order valence-electron chi connectivity index (χ0n) is 17.4. The van der Waals surface area contributed by atoms with Gasteiger partial charge in [0, 0.05) is 5.69 Å². The Kier molecular flexibility index (Phi) is 5.16. The molecule has 9 nitrogen and oxygen atoms in total. The van der Waals surface area contributed by atoms with Gasteiger partial charge in [0.1, 0.15) is 5.54 Å². The lowest BCUT2D eigenvalue weighted by Gasteiger charge is -2.45. The second-order valence-electron chi connectivity index (χ2n) is 8.47. The molecule has 0 bridgehead atoms. The summed E-state index contributed by atoms with van der Waals surface area (Å²) in [5.74, 6) is -0.617. The van der Waals surface area contributed by atoms with E-state index < -0.39 is 16.9 Å². The Morgan fingerprint density at radius 1 is 1.03 bits per heavy atom. The number of aliphatic carboxylic acids is 1. The largest absolute Gasteiger partial charge is 0.479 e. The fraction of sp³-hybridized carbons (Fsp3) is 0.450. The van der Waals surface area contributed by atoms with Gasteiger partial charge in [-0.15, -0.1) is 0 Å². The fourth-order valence-electron chi connectivity index (χ4n) is 3.59. The number of nitrogens with zero attached hydrogens (tertiary/aromatic N) is 4. The van der Waals surface area contributed by atoms with Gasteiger partial charge in [0.2, 0.25) is 11.3 Å². The van der Waals surface area contributed by atoms with Crippen LogP contribution in [0.5, 0.6) is 0 Å². The number of carboxylic acids is 1. The summed E-state index contributed by atoms with van der Waals surface area (Å²) in [6.07, 6.45) is 0. The molecule has 0 radical (unpaired) electrons. The number of aryl methyl sites for hydroxylation is 1. The van der Waals surface area contributed by atoms with E-state index >= 15 is 0 Å². The molecule has 2 aromatic heterocycles. The number of aromatic nitrogens is 4. The second-order valence-corrected chi connectivity index (χ2v) is 8.47. The highest BCUT2D eigenvalue weighted by molar-refractivity contribution is 5.87. The summed E-state index contributed by atoms with van der Waals surface area (Å²) < 4.78 is 4.74. The predicted molar refractivity (Wildman–Crippen MR) is 110 cm³/mol. The molecule has 3 aromatic rings. The summed E-state index contributed by atoms with van der Waals surface area (Å²) in [6.45, 7) is 11.4. The van der Waals surface area contributed by atoms with Crippen molar-refractivity contribution >= 4 is 34.6 Å². The third-order valence-corrected chi connectivity index (χ3v) is 5.13. The molecule has 29 heavy (non-hydrogen) atoms. The quantitative estimate of drug-likeness (QED) is 0.564. The van der Waals surface area contributed by atoms with Crippen LogP contribution < -0.4 is 10.6 Å². The summed E-state index contributed by atoms with van der Waals surface area (Å²) in [6, 6.07) is 7.74. The van der Waals surface area contributed by atoms with Gasteiger partial charge in [0.05, 0.1) is 0 Å². The van der Waals surface area contributed by atoms with E-state index in [-0.39, 0.29) is 23.0 Å². The maximum Gasteiger partial charge on any atom is 0.330 e. The zero-order chi connectivity index (χ0) is 21.4. The molecule has 0 aliphatic heterocycles. The van der Waals surface area contributed by atoms with Crippen molar-refractivity contribution in [1.29, 1.82) is 0 Å². The Balaban J connectivity index is 2.13. The third-order valence-electron chi connectivity index (χ3n) is 5.13. The van der Waals surface area contributed by atoms with Gasteiger partial charge < -0.3 is 15.7 Å². The number of carbonyl (C=O) groups is 1. The van der Waals surface area contributed by atoms with Gasteiger partial charge in [0.25, 0.3) is 0 Å². The Morgan fingerprint density at radius 2 is 1.59 bits per heavy atom. The van der Waals surface area contributed by atoms with Crippen LogP contribution in [-0.2, 0) is 4.79 Å². The fourth-order valence-corrected chi connectivity index (χ4v) is 3.59. The lowest BCUT2D eigenvalue weighted by Crippen LogP contribution is -2.60. The van der Waals surface area contributed by atoms with Crippen LogP contribution in [0.15, 0.2) is 28.9 Å². The van der Waals surface area contributed by atoms with Crippen molar-refractivity contribution in [3.63, 3.8) is 0 Å². The van der Waals surface area contributed by atoms with Crippen molar-refractivity contribution in [2.24, 2.45) is 11.3 Å². The highest BCUT2D eigenvalue weighted by Gasteiger charge is 2.52. The first-order valence-electron chi connectivity index (χ1n) is 9.40. The van der Waals surface area contributed by atoms with Gasteiger partial charge in [-0.25, -0.2) is 19.4 Å². The summed E-state index contributed by atoms with van der Waals surface area (Å²) >= 11 is 0. The molecule has 1 atom stereocenters. The van der Waals surface area contributed by atoms with Crippen LogP contribution in [0.25, 0.3) is 11.3 Å². The molecular formula is C20H26N6O3. The average Bonchev–Trinajstić information content (AvgIpc) is 3.06. The first-order chi connectivity index (χ1) is 13.5. The minimum absolute atomic E-state index is 0.193. The maximum atomic E-state index is 12.5. The lowest BCUT2D eigenvalue weighted by molar-refractivity contribution is -0.148. The molecule has 0 aliphatic rings. The summed E-state index contributed by atoms with van der Waals surface area (Å²) in [4.78, 5) is 21.3. The molecule has 2 heterocycles. The molecule has 0 unspecified atom stereocenters. The SMILES string of the molecule is Cc1ccc(Nc2nc3nonc3nc2N[C@@](C(=O)O)(C(C)C)C(C)(C)C)cc1. The van der Waals surface area contributed by atoms with E-state index in [9.17, 15) is 9.90 Å². The van der Waals surface area contributed by atoms with Crippen molar-refractivity contribution in [3.8, 4) is 0 Å². The number of anilines is 3. The molecule has 0 saturated carbocycles. The van der Waals surface area contributed by atoms with Gasteiger partial charge in [-0.1, -0.05) is 52.3 Å². The summed E-state index contributed by atoms with van der Waals surface area (Å²) in [5, 5.41) is 24.1. The van der Waals surface area contributed by atoms with Crippen molar-refractivity contribution in [2.75, 3.05) is 10.6 Å². The smallest absolute Gasteiger partial charge is 0.330 e. The maximum absolute atomic E-state index is 12.5. The number of hydrogen-bond acceptors (Lipinski definition) is 8.